The number of benzene rings is 1. The van der Waals surface area contributed by atoms with Crippen molar-refractivity contribution in [2.75, 3.05) is 19.6 Å². The number of amides is 2. The van der Waals surface area contributed by atoms with Crippen LogP contribution in [0, 0.1) is 0 Å². The molecule has 0 saturated carbocycles. The van der Waals surface area contributed by atoms with E-state index in [2.05, 4.69) is 20.7 Å². The molecule has 0 spiro atoms. The molecule has 2 aromatic rings. The van der Waals surface area contributed by atoms with Crippen molar-refractivity contribution in [3.05, 3.63) is 60.0 Å². The smallest absolute Gasteiger partial charge is 0.273 e. The maximum Gasteiger partial charge on any atom is 0.273 e. The number of rotatable bonds is 7. The summed E-state index contributed by atoms with van der Waals surface area (Å²) in [7, 11) is 0. The average Bonchev–Trinajstić information content (AvgIpc) is 3.33. The highest BCUT2D eigenvalue weighted by atomic mass is 16.5. The van der Waals surface area contributed by atoms with Crippen molar-refractivity contribution in [1.29, 1.82) is 0 Å². The zero-order valence-electron chi connectivity index (χ0n) is 15.3. The number of hydrogen-bond donors (Lipinski definition) is 2. The monoisotopic (exact) mass is 368 g/mol. The van der Waals surface area contributed by atoms with Crippen molar-refractivity contribution in [2.24, 2.45) is 0 Å². The van der Waals surface area contributed by atoms with Gasteiger partial charge in [-0.1, -0.05) is 47.6 Å². The Kier molecular flexibility index (Phi) is 6.38. The van der Waals surface area contributed by atoms with Crippen molar-refractivity contribution >= 4 is 17.9 Å². The molecule has 2 amide bonds. The SMILES string of the molecule is CCNC(=O)[C@@H]1C[C@@H](NC(=O)c2ccon2)CN1C/C=C/c1ccccc1. The first kappa shape index (κ1) is 18.8. The van der Waals surface area contributed by atoms with Crippen molar-refractivity contribution in [3.63, 3.8) is 0 Å². The zero-order chi connectivity index (χ0) is 19.1. The second kappa shape index (κ2) is 9.14. The number of carbonyl (C=O) groups is 2. The predicted molar refractivity (Wildman–Crippen MR) is 102 cm³/mol. The molecule has 0 unspecified atom stereocenters. The van der Waals surface area contributed by atoms with Gasteiger partial charge in [-0.05, 0) is 18.9 Å². The summed E-state index contributed by atoms with van der Waals surface area (Å²) in [6.07, 6.45) is 6.01. The minimum absolute atomic E-state index is 0.0104. The fraction of sp³-hybridized carbons (Fsp3) is 0.350. The highest BCUT2D eigenvalue weighted by Crippen LogP contribution is 2.19. The van der Waals surface area contributed by atoms with Crippen LogP contribution in [0.15, 0.2) is 53.3 Å². The first-order valence-electron chi connectivity index (χ1n) is 9.12. The van der Waals surface area contributed by atoms with Gasteiger partial charge < -0.3 is 15.2 Å². The van der Waals surface area contributed by atoms with Crippen LogP contribution in [0.4, 0.5) is 0 Å². The van der Waals surface area contributed by atoms with Crippen molar-refractivity contribution in [2.45, 2.75) is 25.4 Å². The van der Waals surface area contributed by atoms with Gasteiger partial charge in [0.15, 0.2) is 5.69 Å². The lowest BCUT2D eigenvalue weighted by atomic mass is 10.1. The molecule has 1 saturated heterocycles. The maximum absolute atomic E-state index is 12.4. The number of carbonyl (C=O) groups excluding carboxylic acids is 2. The summed E-state index contributed by atoms with van der Waals surface area (Å²) < 4.78 is 4.71. The van der Waals surface area contributed by atoms with E-state index in [1.54, 1.807) is 0 Å². The fourth-order valence-electron chi connectivity index (χ4n) is 3.25. The van der Waals surface area contributed by atoms with E-state index in [9.17, 15) is 9.59 Å². The lowest BCUT2D eigenvalue weighted by Gasteiger charge is -2.21. The number of likely N-dealkylation sites (tertiary alicyclic amines) is 1. The molecule has 1 aliphatic rings. The quantitative estimate of drug-likeness (QED) is 0.777. The van der Waals surface area contributed by atoms with Crippen LogP contribution in [-0.2, 0) is 4.79 Å². The maximum atomic E-state index is 12.4. The van der Waals surface area contributed by atoms with Crippen LogP contribution in [-0.4, -0.2) is 53.6 Å². The summed E-state index contributed by atoms with van der Waals surface area (Å²) in [4.78, 5) is 26.7. The van der Waals surface area contributed by atoms with Crippen LogP contribution >= 0.6 is 0 Å². The molecular formula is C20H24N4O3. The minimum atomic E-state index is -0.287. The van der Waals surface area contributed by atoms with Crippen LogP contribution in [0.2, 0.25) is 0 Å². The molecule has 2 N–H and O–H groups in total. The number of hydrogen-bond acceptors (Lipinski definition) is 5. The van der Waals surface area contributed by atoms with Gasteiger partial charge in [0.1, 0.15) is 6.26 Å². The van der Waals surface area contributed by atoms with Gasteiger partial charge in [0.2, 0.25) is 5.91 Å². The second-order valence-electron chi connectivity index (χ2n) is 6.47. The standard InChI is InChI=1S/C20H24N4O3/c1-2-21-20(26)18-13-16(22-19(25)17-10-12-27-23-17)14-24(18)11-6-9-15-7-4-3-5-8-15/h3-10,12,16,18H,2,11,13-14H2,1H3,(H,21,26)(H,22,25)/b9-6+/t16-,18+/m1/s1. The van der Waals surface area contributed by atoms with E-state index in [1.807, 2.05) is 49.4 Å². The molecule has 0 bridgehead atoms. The molecule has 1 aliphatic heterocycles. The van der Waals surface area contributed by atoms with Crippen molar-refractivity contribution < 1.29 is 14.1 Å². The Morgan fingerprint density at radius 1 is 1.30 bits per heavy atom. The van der Waals surface area contributed by atoms with Crippen molar-refractivity contribution in [1.82, 2.24) is 20.7 Å². The summed E-state index contributed by atoms with van der Waals surface area (Å²) in [6.45, 7) is 3.72. The molecule has 1 aromatic heterocycles. The van der Waals surface area contributed by atoms with E-state index in [-0.39, 0.29) is 29.6 Å². The topological polar surface area (TPSA) is 87.5 Å². The van der Waals surface area contributed by atoms with Crippen LogP contribution in [0.1, 0.15) is 29.4 Å². The highest BCUT2D eigenvalue weighted by Gasteiger charge is 2.36. The first-order chi connectivity index (χ1) is 13.2. The number of nitrogens with one attached hydrogen (secondary N) is 2. The van der Waals surface area contributed by atoms with E-state index in [4.69, 9.17) is 4.52 Å². The summed E-state index contributed by atoms with van der Waals surface area (Å²) in [6, 6.07) is 11.1. The van der Waals surface area contributed by atoms with Gasteiger partial charge in [-0.25, -0.2) is 0 Å². The Balaban J connectivity index is 1.63. The number of likely N-dealkylation sites (N-methyl/N-ethyl adjacent to an activating group) is 1. The van der Waals surface area contributed by atoms with Crippen LogP contribution in [0.3, 0.4) is 0 Å². The van der Waals surface area contributed by atoms with Crippen LogP contribution in [0.25, 0.3) is 6.08 Å². The van der Waals surface area contributed by atoms with Gasteiger partial charge in [0, 0.05) is 31.7 Å². The van der Waals surface area contributed by atoms with Crippen molar-refractivity contribution in [3.8, 4) is 0 Å². The fourth-order valence-corrected chi connectivity index (χ4v) is 3.25. The first-order valence-corrected chi connectivity index (χ1v) is 9.12. The molecule has 0 aliphatic carbocycles. The molecule has 142 valence electrons. The predicted octanol–water partition coefficient (Wildman–Crippen LogP) is 1.70. The molecule has 27 heavy (non-hydrogen) atoms. The molecule has 7 nitrogen and oxygen atoms in total. The molecule has 1 aromatic carbocycles. The lowest BCUT2D eigenvalue weighted by molar-refractivity contribution is -0.125. The van der Waals surface area contributed by atoms with Gasteiger partial charge in [0.25, 0.3) is 5.91 Å². The Morgan fingerprint density at radius 2 is 2.11 bits per heavy atom. The lowest BCUT2D eigenvalue weighted by Crippen LogP contribution is -2.43. The van der Waals surface area contributed by atoms with Gasteiger partial charge >= 0.3 is 0 Å². The third kappa shape index (κ3) is 5.04. The summed E-state index contributed by atoms with van der Waals surface area (Å²) in [5.41, 5.74) is 1.36. The third-order valence-corrected chi connectivity index (χ3v) is 4.51. The number of nitrogens with zero attached hydrogens (tertiary/aromatic N) is 2. The third-order valence-electron chi connectivity index (χ3n) is 4.51. The Morgan fingerprint density at radius 3 is 2.81 bits per heavy atom. The Labute approximate surface area is 158 Å². The molecule has 2 heterocycles. The largest absolute Gasteiger partial charge is 0.364 e. The Bertz CT molecular complexity index is 774. The molecule has 1 fully saturated rings. The average molecular weight is 368 g/mol. The van der Waals surface area contributed by atoms with E-state index in [0.717, 1.165) is 5.56 Å². The normalized spacial score (nSPS) is 20.0. The summed E-state index contributed by atoms with van der Waals surface area (Å²) in [5.74, 6) is -0.297. The van der Waals surface area contributed by atoms with Gasteiger partial charge in [0.05, 0.1) is 6.04 Å². The van der Waals surface area contributed by atoms with E-state index >= 15 is 0 Å². The molecule has 0 radical (unpaired) electrons. The molecule has 2 atom stereocenters. The molecule has 3 rings (SSSR count). The van der Waals surface area contributed by atoms with Gasteiger partial charge in [-0.3, -0.25) is 14.5 Å². The zero-order valence-corrected chi connectivity index (χ0v) is 15.3. The Hall–Kier alpha value is -2.93. The summed E-state index contributed by atoms with van der Waals surface area (Å²) in [5, 5.41) is 9.47. The minimum Gasteiger partial charge on any atom is -0.364 e. The van der Waals surface area contributed by atoms with Crippen LogP contribution in [0.5, 0.6) is 0 Å². The van der Waals surface area contributed by atoms with E-state index < -0.39 is 0 Å². The van der Waals surface area contributed by atoms with Gasteiger partial charge in [-0.2, -0.15) is 0 Å². The number of aromatic nitrogens is 1. The van der Waals surface area contributed by atoms with Gasteiger partial charge in [-0.15, -0.1) is 0 Å². The second-order valence-corrected chi connectivity index (χ2v) is 6.47. The molecular weight excluding hydrogens is 344 g/mol. The van der Waals surface area contributed by atoms with Crippen LogP contribution < -0.4 is 10.6 Å². The van der Waals surface area contributed by atoms with E-state index in [0.29, 0.717) is 26.1 Å². The molecule has 7 heteroatoms. The summed E-state index contributed by atoms with van der Waals surface area (Å²) >= 11 is 0. The van der Waals surface area contributed by atoms with E-state index in [1.165, 1.54) is 12.3 Å². The highest BCUT2D eigenvalue weighted by molar-refractivity contribution is 5.92.